The molecule has 0 amide bonds. The maximum atomic E-state index is 11.2. The van der Waals surface area contributed by atoms with Crippen molar-refractivity contribution >= 4 is 22.3 Å². The Kier molecular flexibility index (Phi) is 4.74. The Morgan fingerprint density at radius 2 is 2.39 bits per heavy atom. The van der Waals surface area contributed by atoms with E-state index < -0.39 is 15.7 Å². The van der Waals surface area contributed by atoms with Gasteiger partial charge in [-0.05, 0) is 13.0 Å². The van der Waals surface area contributed by atoms with Crippen molar-refractivity contribution in [3.05, 3.63) is 27.9 Å². The Labute approximate surface area is 106 Å². The summed E-state index contributed by atoms with van der Waals surface area (Å²) in [5.41, 5.74) is -0.406. The fourth-order valence-corrected chi connectivity index (χ4v) is 1.53. The van der Waals surface area contributed by atoms with Crippen molar-refractivity contribution in [3.63, 3.8) is 0 Å². The van der Waals surface area contributed by atoms with Crippen molar-refractivity contribution in [1.82, 2.24) is 4.98 Å². The number of hydrogen-bond donors (Lipinski definition) is 1. The number of pyridine rings is 1. The van der Waals surface area contributed by atoms with Gasteiger partial charge in [0.1, 0.15) is 11.6 Å². The van der Waals surface area contributed by atoms with Crippen molar-refractivity contribution in [2.45, 2.75) is 12.2 Å². The van der Waals surface area contributed by atoms with Crippen LogP contribution in [0, 0.1) is 21.4 Å². The first-order valence-corrected chi connectivity index (χ1v) is 6.69. The predicted molar refractivity (Wildman–Crippen MR) is 67.6 cm³/mol. The Morgan fingerprint density at radius 1 is 1.72 bits per heavy atom. The number of aromatic nitrogens is 1. The van der Waals surface area contributed by atoms with E-state index in [1.165, 1.54) is 12.3 Å². The van der Waals surface area contributed by atoms with Crippen LogP contribution < -0.4 is 5.32 Å². The summed E-state index contributed by atoms with van der Waals surface area (Å²) >= 11 is 0. The van der Waals surface area contributed by atoms with Crippen LogP contribution in [0.1, 0.15) is 12.5 Å². The van der Waals surface area contributed by atoms with E-state index in [1.54, 1.807) is 19.2 Å². The molecule has 0 aliphatic rings. The number of nitrogens with zero attached hydrogens (tertiary/aromatic N) is 3. The number of nitrogens with one attached hydrogen (secondary N) is 1. The molecule has 18 heavy (non-hydrogen) atoms. The molecule has 7 nitrogen and oxygen atoms in total. The molecule has 0 fully saturated rings. The third-order valence-electron chi connectivity index (χ3n) is 2.35. The van der Waals surface area contributed by atoms with Crippen LogP contribution in [0.4, 0.5) is 11.5 Å². The highest BCUT2D eigenvalue weighted by molar-refractivity contribution is 7.84. The van der Waals surface area contributed by atoms with Crippen LogP contribution in [0.5, 0.6) is 0 Å². The molecule has 8 heteroatoms. The molecule has 1 N–H and O–H groups in total. The lowest BCUT2D eigenvalue weighted by atomic mass is 10.2. The monoisotopic (exact) mass is 268 g/mol. The standard InChI is InChI=1S/C10H12N4O3S/c1-7(18(2)17)6-13-10-9(14(15)16)8(5-11)3-4-12-10/h3-4,7H,6H2,1-2H3,(H,12,13)/t7-,18-/m0/s1. The zero-order chi connectivity index (χ0) is 13.7. The van der Waals surface area contributed by atoms with E-state index in [0.717, 1.165) is 0 Å². The van der Waals surface area contributed by atoms with Crippen molar-refractivity contribution in [3.8, 4) is 6.07 Å². The summed E-state index contributed by atoms with van der Waals surface area (Å²) in [6.07, 6.45) is 2.88. The van der Waals surface area contributed by atoms with Crippen LogP contribution in [0.2, 0.25) is 0 Å². The Balaban J connectivity index is 2.99. The second-order valence-electron chi connectivity index (χ2n) is 3.61. The third kappa shape index (κ3) is 3.24. The highest BCUT2D eigenvalue weighted by Gasteiger charge is 2.21. The molecule has 0 aromatic carbocycles. The largest absolute Gasteiger partial charge is 0.363 e. The van der Waals surface area contributed by atoms with E-state index >= 15 is 0 Å². The van der Waals surface area contributed by atoms with E-state index in [2.05, 4.69) is 10.3 Å². The molecule has 96 valence electrons. The SMILES string of the molecule is C[C@@H](CNc1nccc(C#N)c1[N+](=O)[O-])[S@](C)=O. The van der Waals surface area contributed by atoms with Gasteiger partial charge in [-0.25, -0.2) is 4.98 Å². The van der Waals surface area contributed by atoms with Gasteiger partial charge >= 0.3 is 5.69 Å². The van der Waals surface area contributed by atoms with Gasteiger partial charge in [0.05, 0.1) is 4.92 Å². The van der Waals surface area contributed by atoms with Gasteiger partial charge in [-0.3, -0.25) is 14.3 Å². The van der Waals surface area contributed by atoms with E-state index in [0.29, 0.717) is 0 Å². The van der Waals surface area contributed by atoms with Crippen LogP contribution in [0.15, 0.2) is 12.3 Å². The first-order chi connectivity index (χ1) is 8.47. The maximum absolute atomic E-state index is 11.2. The minimum absolute atomic E-state index is 0.0244. The summed E-state index contributed by atoms with van der Waals surface area (Å²) in [5.74, 6) is 0.0244. The van der Waals surface area contributed by atoms with Gasteiger partial charge in [-0.1, -0.05) is 0 Å². The van der Waals surface area contributed by atoms with Crippen molar-refractivity contribution in [1.29, 1.82) is 5.26 Å². The van der Waals surface area contributed by atoms with Gasteiger partial charge in [-0.15, -0.1) is 0 Å². The second kappa shape index (κ2) is 6.07. The van der Waals surface area contributed by atoms with E-state index in [1.807, 2.05) is 0 Å². The summed E-state index contributed by atoms with van der Waals surface area (Å²) in [7, 11) is -1.03. The third-order valence-corrected chi connectivity index (χ3v) is 3.65. The molecule has 0 bridgehead atoms. The first kappa shape index (κ1) is 14.1. The van der Waals surface area contributed by atoms with Gasteiger partial charge in [0.15, 0.2) is 0 Å². The molecule has 0 radical (unpaired) electrons. The minimum Gasteiger partial charge on any atom is -0.363 e. The molecular formula is C10H12N4O3S. The number of hydrogen-bond acceptors (Lipinski definition) is 6. The van der Waals surface area contributed by atoms with Gasteiger partial charge < -0.3 is 5.32 Å². The molecule has 0 spiro atoms. The number of rotatable bonds is 5. The normalized spacial score (nSPS) is 13.4. The quantitative estimate of drug-likeness (QED) is 0.631. The van der Waals surface area contributed by atoms with Crippen LogP contribution in [0.3, 0.4) is 0 Å². The highest BCUT2D eigenvalue weighted by Crippen LogP contribution is 2.25. The van der Waals surface area contributed by atoms with Crippen molar-refractivity contribution in [2.24, 2.45) is 0 Å². The van der Waals surface area contributed by atoms with E-state index in [9.17, 15) is 14.3 Å². The average Bonchev–Trinajstić information content (AvgIpc) is 2.34. The van der Waals surface area contributed by atoms with Crippen LogP contribution in [-0.4, -0.2) is 32.2 Å². The number of nitro groups is 1. The first-order valence-electron chi connectivity index (χ1n) is 5.07. The maximum Gasteiger partial charge on any atom is 0.328 e. The molecule has 1 aromatic rings. The number of anilines is 1. The van der Waals surface area contributed by atoms with Gasteiger partial charge in [-0.2, -0.15) is 5.26 Å². The molecule has 1 heterocycles. The second-order valence-corrected chi connectivity index (χ2v) is 5.42. The van der Waals surface area contributed by atoms with Gasteiger partial charge in [0.25, 0.3) is 0 Å². The smallest absolute Gasteiger partial charge is 0.328 e. The molecule has 1 rings (SSSR count). The average molecular weight is 268 g/mol. The summed E-state index contributed by atoms with van der Waals surface area (Å²) in [6, 6.07) is 3.03. The molecular weight excluding hydrogens is 256 g/mol. The van der Waals surface area contributed by atoms with Crippen LogP contribution >= 0.6 is 0 Å². The van der Waals surface area contributed by atoms with E-state index in [4.69, 9.17) is 5.26 Å². The van der Waals surface area contributed by atoms with Gasteiger partial charge in [0, 0.05) is 35.0 Å². The van der Waals surface area contributed by atoms with Crippen LogP contribution in [-0.2, 0) is 10.8 Å². The Bertz CT molecular complexity index is 526. The molecule has 0 saturated heterocycles. The molecule has 0 aliphatic heterocycles. The molecule has 2 atom stereocenters. The lowest BCUT2D eigenvalue weighted by Gasteiger charge is -2.10. The Morgan fingerprint density at radius 3 is 2.89 bits per heavy atom. The predicted octanol–water partition coefficient (Wildman–Crippen LogP) is 1.04. The fraction of sp³-hybridized carbons (Fsp3) is 0.400. The summed E-state index contributed by atoms with van der Waals surface area (Å²) in [6.45, 7) is 2.04. The minimum atomic E-state index is -1.03. The van der Waals surface area contributed by atoms with Crippen LogP contribution in [0.25, 0.3) is 0 Å². The topological polar surface area (TPSA) is 109 Å². The highest BCUT2D eigenvalue weighted by atomic mass is 32.2. The fourth-order valence-electron chi connectivity index (χ4n) is 1.22. The van der Waals surface area contributed by atoms with Crippen molar-refractivity contribution in [2.75, 3.05) is 18.1 Å². The summed E-state index contributed by atoms with van der Waals surface area (Å²) < 4.78 is 11.2. The molecule has 0 aliphatic carbocycles. The van der Waals surface area contributed by atoms with Gasteiger partial charge in [0.2, 0.25) is 5.82 Å². The van der Waals surface area contributed by atoms with Crippen molar-refractivity contribution < 1.29 is 9.13 Å². The molecule has 0 saturated carbocycles. The Hall–Kier alpha value is -2.01. The lowest BCUT2D eigenvalue weighted by molar-refractivity contribution is -0.384. The lowest BCUT2D eigenvalue weighted by Crippen LogP contribution is -2.21. The molecule has 1 aromatic heterocycles. The molecule has 0 unspecified atom stereocenters. The zero-order valence-electron chi connectivity index (χ0n) is 9.91. The summed E-state index contributed by atoms with van der Waals surface area (Å²) in [4.78, 5) is 14.1. The summed E-state index contributed by atoms with van der Waals surface area (Å²) in [5, 5.41) is 22.3. The number of nitriles is 1. The zero-order valence-corrected chi connectivity index (χ0v) is 10.7. The van der Waals surface area contributed by atoms with E-state index in [-0.39, 0.29) is 28.9 Å².